The third kappa shape index (κ3) is 3.33. The number of carbonyl (C=O) groups excluding carboxylic acids is 1. The average Bonchev–Trinajstić information content (AvgIpc) is 3.17. The molecule has 0 atom stereocenters. The van der Waals surface area contributed by atoms with Crippen molar-refractivity contribution < 1.29 is 17.9 Å². The van der Waals surface area contributed by atoms with E-state index in [0.29, 0.717) is 30.6 Å². The van der Waals surface area contributed by atoms with Crippen LogP contribution in [0.25, 0.3) is 11.3 Å². The number of hydrogen-bond acceptors (Lipinski definition) is 6. The van der Waals surface area contributed by atoms with E-state index in [4.69, 9.17) is 16.3 Å². The van der Waals surface area contributed by atoms with E-state index in [1.54, 1.807) is 7.05 Å². The van der Waals surface area contributed by atoms with Gasteiger partial charge in [0.05, 0.1) is 6.54 Å². The average molecular weight is 428 g/mol. The molecule has 7 nitrogen and oxygen atoms in total. The van der Waals surface area contributed by atoms with Crippen LogP contribution in [0, 0.1) is 0 Å². The quantitative estimate of drug-likeness (QED) is 0.752. The molecule has 0 radical (unpaired) electrons. The molecule has 10 heteroatoms. The summed E-state index contributed by atoms with van der Waals surface area (Å²) in [6, 6.07) is 9.13. The standard InChI is InChI=1S/C17H18ClN3O4S2/c1-20-11-17(25-16(20)22)7-9-21(10-8-17)27(23,24)14-13(19-15(18)26-14)12-5-3-2-4-6-12/h2-6H,7-11H2,1H3. The zero-order valence-electron chi connectivity index (χ0n) is 14.6. The summed E-state index contributed by atoms with van der Waals surface area (Å²) in [5.41, 5.74) is 0.489. The molecule has 2 aromatic rings. The largest absolute Gasteiger partial charge is 0.441 e. The second kappa shape index (κ2) is 6.73. The van der Waals surface area contributed by atoms with Crippen molar-refractivity contribution in [3.63, 3.8) is 0 Å². The molecule has 0 unspecified atom stereocenters. The van der Waals surface area contributed by atoms with E-state index in [0.717, 1.165) is 11.3 Å². The van der Waals surface area contributed by atoms with Crippen LogP contribution in [0.3, 0.4) is 0 Å². The van der Waals surface area contributed by atoms with Crippen LogP contribution < -0.4 is 0 Å². The maximum absolute atomic E-state index is 13.2. The number of carbonyl (C=O) groups is 1. The Morgan fingerprint density at radius 3 is 2.48 bits per heavy atom. The summed E-state index contributed by atoms with van der Waals surface area (Å²) in [5.74, 6) is 0. The van der Waals surface area contributed by atoms with Crippen LogP contribution in [0.15, 0.2) is 34.5 Å². The van der Waals surface area contributed by atoms with Gasteiger partial charge in [0.15, 0.2) is 8.68 Å². The van der Waals surface area contributed by atoms with E-state index < -0.39 is 15.6 Å². The smallest absolute Gasteiger partial charge is 0.410 e. The molecule has 1 spiro atoms. The molecule has 0 aliphatic carbocycles. The number of aromatic nitrogens is 1. The lowest BCUT2D eigenvalue weighted by Gasteiger charge is -2.36. The predicted molar refractivity (Wildman–Crippen MR) is 102 cm³/mol. The van der Waals surface area contributed by atoms with Gasteiger partial charge in [0.25, 0.3) is 10.0 Å². The van der Waals surface area contributed by atoms with E-state index >= 15 is 0 Å². The van der Waals surface area contributed by atoms with Crippen LogP contribution in [0.1, 0.15) is 12.8 Å². The number of halogens is 1. The first-order valence-corrected chi connectivity index (χ1v) is 11.1. The summed E-state index contributed by atoms with van der Waals surface area (Å²) in [6.45, 7) is 1.06. The number of amides is 1. The summed E-state index contributed by atoms with van der Waals surface area (Å²) in [5, 5.41) is 0. The second-order valence-electron chi connectivity index (χ2n) is 6.78. The Morgan fingerprint density at radius 1 is 1.22 bits per heavy atom. The van der Waals surface area contributed by atoms with Crippen LogP contribution in [-0.4, -0.2) is 61.0 Å². The van der Waals surface area contributed by atoms with Gasteiger partial charge in [-0.2, -0.15) is 4.31 Å². The van der Waals surface area contributed by atoms with Crippen molar-refractivity contribution in [1.29, 1.82) is 0 Å². The number of sulfonamides is 1. The second-order valence-corrected chi connectivity index (χ2v) is 10.5. The van der Waals surface area contributed by atoms with E-state index in [-0.39, 0.29) is 27.9 Å². The van der Waals surface area contributed by atoms with Crippen molar-refractivity contribution in [2.24, 2.45) is 0 Å². The Hall–Kier alpha value is -1.68. The molecule has 1 aromatic heterocycles. The van der Waals surface area contributed by atoms with Gasteiger partial charge in [0.1, 0.15) is 11.3 Å². The molecule has 2 fully saturated rings. The Kier molecular flexibility index (Phi) is 4.66. The van der Waals surface area contributed by atoms with Crippen molar-refractivity contribution in [2.75, 3.05) is 26.7 Å². The molecule has 2 aliphatic rings. The molecule has 1 amide bonds. The minimum absolute atomic E-state index is 0.148. The first kappa shape index (κ1) is 18.7. The molecule has 2 saturated heterocycles. The van der Waals surface area contributed by atoms with Gasteiger partial charge in [0.2, 0.25) is 0 Å². The topological polar surface area (TPSA) is 79.8 Å². The maximum atomic E-state index is 13.2. The summed E-state index contributed by atoms with van der Waals surface area (Å²) in [4.78, 5) is 17.5. The van der Waals surface area contributed by atoms with Gasteiger partial charge in [-0.15, -0.1) is 0 Å². The molecule has 1 aromatic carbocycles. The monoisotopic (exact) mass is 427 g/mol. The fourth-order valence-corrected chi connectivity index (χ4v) is 6.82. The summed E-state index contributed by atoms with van der Waals surface area (Å²) in [6.07, 6.45) is 0.581. The van der Waals surface area contributed by atoms with Gasteiger partial charge in [0, 0.05) is 38.5 Å². The zero-order valence-corrected chi connectivity index (χ0v) is 17.0. The van der Waals surface area contributed by atoms with Gasteiger partial charge in [-0.25, -0.2) is 18.2 Å². The summed E-state index contributed by atoms with van der Waals surface area (Å²) < 4.78 is 33.8. The van der Waals surface area contributed by atoms with Gasteiger partial charge in [-0.05, 0) is 0 Å². The first-order valence-electron chi connectivity index (χ1n) is 8.47. The molecule has 3 heterocycles. The van der Waals surface area contributed by atoms with E-state index in [1.807, 2.05) is 30.3 Å². The number of thiazole rings is 1. The van der Waals surface area contributed by atoms with E-state index in [2.05, 4.69) is 4.98 Å². The third-order valence-corrected chi connectivity index (χ3v) is 8.51. The number of ether oxygens (including phenoxy) is 1. The molecule has 0 saturated carbocycles. The van der Waals surface area contributed by atoms with Crippen molar-refractivity contribution in [2.45, 2.75) is 22.7 Å². The first-order chi connectivity index (χ1) is 12.8. The Balaban J connectivity index is 1.60. The minimum atomic E-state index is -3.74. The van der Waals surface area contributed by atoms with Crippen LogP contribution >= 0.6 is 22.9 Å². The molecule has 4 rings (SSSR count). The van der Waals surface area contributed by atoms with Gasteiger partial charge >= 0.3 is 6.09 Å². The van der Waals surface area contributed by atoms with Crippen LogP contribution in [0.4, 0.5) is 4.79 Å². The number of benzene rings is 1. The zero-order chi connectivity index (χ0) is 19.2. The summed E-state index contributed by atoms with van der Waals surface area (Å²) >= 11 is 7.02. The van der Waals surface area contributed by atoms with Gasteiger partial charge in [-0.1, -0.05) is 53.3 Å². The molecule has 0 N–H and O–H groups in total. The Bertz CT molecular complexity index is 969. The number of likely N-dealkylation sites (N-methyl/N-ethyl adjacent to an activating group) is 1. The lowest BCUT2D eigenvalue weighted by molar-refractivity contribution is 0.0172. The highest BCUT2D eigenvalue weighted by Crippen LogP contribution is 2.39. The third-order valence-electron chi connectivity index (χ3n) is 4.97. The number of piperidine rings is 1. The fourth-order valence-electron chi connectivity index (χ4n) is 3.54. The maximum Gasteiger partial charge on any atom is 0.410 e. The minimum Gasteiger partial charge on any atom is -0.441 e. The number of rotatable bonds is 3. The normalized spacial score (nSPS) is 20.2. The van der Waals surface area contributed by atoms with Gasteiger partial charge < -0.3 is 9.64 Å². The van der Waals surface area contributed by atoms with Crippen molar-refractivity contribution >= 4 is 39.1 Å². The lowest BCUT2D eigenvalue weighted by Crippen LogP contribution is -2.48. The van der Waals surface area contributed by atoms with Crippen LogP contribution in [0.5, 0.6) is 0 Å². The van der Waals surface area contributed by atoms with E-state index in [1.165, 1.54) is 9.21 Å². The van der Waals surface area contributed by atoms with Crippen molar-refractivity contribution in [1.82, 2.24) is 14.2 Å². The fraction of sp³-hybridized carbons (Fsp3) is 0.412. The van der Waals surface area contributed by atoms with Crippen LogP contribution in [-0.2, 0) is 14.8 Å². The highest BCUT2D eigenvalue weighted by molar-refractivity contribution is 7.91. The molecule has 0 bridgehead atoms. The number of nitrogens with zero attached hydrogens (tertiary/aromatic N) is 3. The highest BCUT2D eigenvalue weighted by atomic mass is 35.5. The number of hydrogen-bond donors (Lipinski definition) is 0. The molecule has 144 valence electrons. The SMILES string of the molecule is CN1CC2(CCN(S(=O)(=O)c3sc(Cl)nc3-c3ccccc3)CC2)OC1=O. The van der Waals surface area contributed by atoms with Crippen LogP contribution in [0.2, 0.25) is 4.47 Å². The van der Waals surface area contributed by atoms with Gasteiger partial charge in [-0.3, -0.25) is 0 Å². The van der Waals surface area contributed by atoms with Crippen molar-refractivity contribution in [3.8, 4) is 11.3 Å². The van der Waals surface area contributed by atoms with E-state index in [9.17, 15) is 13.2 Å². The highest BCUT2D eigenvalue weighted by Gasteiger charge is 2.47. The molecular formula is C17H18ClN3O4S2. The summed E-state index contributed by atoms with van der Waals surface area (Å²) in [7, 11) is -2.06. The Labute approximate surface area is 166 Å². The molecular weight excluding hydrogens is 410 g/mol. The molecule has 27 heavy (non-hydrogen) atoms. The predicted octanol–water partition coefficient (Wildman–Crippen LogP) is 3.07. The lowest BCUT2D eigenvalue weighted by atomic mass is 9.92. The Morgan fingerprint density at radius 2 is 1.89 bits per heavy atom. The molecule has 2 aliphatic heterocycles. The van der Waals surface area contributed by atoms with Crippen molar-refractivity contribution in [3.05, 3.63) is 34.8 Å².